The van der Waals surface area contributed by atoms with E-state index in [9.17, 15) is 13.7 Å². The number of sulfonamides is 1. The fraction of sp³-hybridized carbons (Fsp3) is 0.375. The minimum atomic E-state index is -3.39. The van der Waals surface area contributed by atoms with E-state index in [-0.39, 0.29) is 12.5 Å². The van der Waals surface area contributed by atoms with Gasteiger partial charge in [-0.3, -0.25) is 4.72 Å². The number of anilines is 3. The van der Waals surface area contributed by atoms with Gasteiger partial charge in [-0.15, -0.1) is 0 Å². The predicted molar refractivity (Wildman–Crippen MR) is 144 cm³/mol. The van der Waals surface area contributed by atoms with Crippen molar-refractivity contribution in [3.8, 4) is 23.2 Å². The van der Waals surface area contributed by atoms with E-state index in [2.05, 4.69) is 45.8 Å². The van der Waals surface area contributed by atoms with Crippen LogP contribution in [0.15, 0.2) is 42.6 Å². The van der Waals surface area contributed by atoms with Crippen LogP contribution in [0.25, 0.3) is 11.3 Å². The predicted octanol–water partition coefficient (Wildman–Crippen LogP) is 4.64. The van der Waals surface area contributed by atoms with E-state index < -0.39 is 18.1 Å². The Balaban J connectivity index is 1.94. The van der Waals surface area contributed by atoms with Gasteiger partial charge >= 0.3 is 0 Å². The number of ether oxygens (including phenoxy) is 2. The lowest BCUT2D eigenvalue weighted by Crippen LogP contribution is -2.22. The van der Waals surface area contributed by atoms with Crippen LogP contribution in [0.3, 0.4) is 0 Å². The number of hydrogen-bond donors (Lipinski definition) is 2. The van der Waals surface area contributed by atoms with Crippen molar-refractivity contribution in [1.82, 2.24) is 14.8 Å². The normalized spacial score (nSPS) is 11.7. The Hall–Kier alpha value is -3.40. The minimum absolute atomic E-state index is 0.0231. The molecule has 0 aliphatic carbocycles. The first-order valence-electron chi connectivity index (χ1n) is 11.5. The van der Waals surface area contributed by atoms with Gasteiger partial charge in [-0.2, -0.15) is 10.4 Å². The van der Waals surface area contributed by atoms with Crippen molar-refractivity contribution in [2.75, 3.05) is 29.5 Å². The van der Waals surface area contributed by atoms with Crippen LogP contribution in [0, 0.1) is 11.3 Å². The van der Waals surface area contributed by atoms with Gasteiger partial charge in [-0.1, -0.05) is 31.8 Å². The van der Waals surface area contributed by atoms with Gasteiger partial charge < -0.3 is 14.8 Å². The summed E-state index contributed by atoms with van der Waals surface area (Å²) in [7, 11) is -3.11. The largest absolute Gasteiger partial charge is 0.481 e. The Morgan fingerprint density at radius 1 is 1.11 bits per heavy atom. The number of nitrogens with zero attached hydrogens (tertiary/aromatic N) is 4. The second-order valence-electron chi connectivity index (χ2n) is 9.33. The zero-order valence-electron chi connectivity index (χ0n) is 21.2. The highest BCUT2D eigenvalue weighted by Crippen LogP contribution is 2.31. The molecular formula is C24H32N6O4SSi. The Labute approximate surface area is 213 Å². The van der Waals surface area contributed by atoms with Crippen LogP contribution >= 0.6 is 0 Å². The molecule has 0 radical (unpaired) electrons. The molecule has 0 unspecified atom stereocenters. The molecule has 12 heteroatoms. The van der Waals surface area contributed by atoms with E-state index in [0.717, 1.165) is 6.04 Å². The maximum Gasteiger partial charge on any atom is 0.232 e. The minimum Gasteiger partial charge on any atom is -0.481 e. The summed E-state index contributed by atoms with van der Waals surface area (Å²) in [6.45, 7) is 9.18. The second kappa shape index (κ2) is 11.6. The first kappa shape index (κ1) is 27.2. The van der Waals surface area contributed by atoms with E-state index in [1.165, 1.54) is 0 Å². The third kappa shape index (κ3) is 7.30. The van der Waals surface area contributed by atoms with Gasteiger partial charge in [0.2, 0.25) is 15.9 Å². The van der Waals surface area contributed by atoms with Gasteiger partial charge in [-0.25, -0.2) is 18.1 Å². The summed E-state index contributed by atoms with van der Waals surface area (Å²) in [5, 5.41) is 18.0. The molecule has 2 N–H and O–H groups in total. The molecule has 0 aliphatic heterocycles. The molecular weight excluding hydrogens is 496 g/mol. The monoisotopic (exact) mass is 528 g/mol. The Bertz CT molecular complexity index is 1310. The summed E-state index contributed by atoms with van der Waals surface area (Å²) >= 11 is 0. The van der Waals surface area contributed by atoms with Gasteiger partial charge in [0.1, 0.15) is 29.9 Å². The SMILES string of the molecule is CCS(=O)(=O)Nc1ccc(-c2nn(COCC[Si](C)(C)C)c(Nc3ccc(OC)nc3)c2C#N)cc1. The molecule has 0 aliphatic rings. The van der Waals surface area contributed by atoms with Crippen LogP contribution in [-0.4, -0.2) is 50.7 Å². The number of benzene rings is 1. The van der Waals surface area contributed by atoms with Gasteiger partial charge in [0, 0.05) is 32.0 Å². The van der Waals surface area contributed by atoms with Gasteiger partial charge in [0.15, 0.2) is 0 Å². The molecule has 192 valence electrons. The fourth-order valence-corrected chi connectivity index (χ4v) is 4.58. The third-order valence-electron chi connectivity index (χ3n) is 5.29. The van der Waals surface area contributed by atoms with Crippen LogP contribution < -0.4 is 14.8 Å². The highest BCUT2D eigenvalue weighted by Gasteiger charge is 2.21. The summed E-state index contributed by atoms with van der Waals surface area (Å²) in [5.74, 6) is 0.928. The summed E-state index contributed by atoms with van der Waals surface area (Å²) in [6, 6.07) is 13.5. The van der Waals surface area contributed by atoms with Crippen molar-refractivity contribution < 1.29 is 17.9 Å². The maximum atomic E-state index is 11.9. The van der Waals surface area contributed by atoms with E-state index in [4.69, 9.17) is 9.47 Å². The van der Waals surface area contributed by atoms with E-state index in [1.54, 1.807) is 61.3 Å². The smallest absolute Gasteiger partial charge is 0.232 e. The first-order valence-corrected chi connectivity index (χ1v) is 16.9. The number of rotatable bonds is 12. The standard InChI is InChI=1S/C24H32N6O4SSi/c1-6-35(31,32)29-19-9-7-18(8-10-19)23-21(15-25)24(27-20-11-12-22(33-2)26-16-20)30(28-23)17-34-13-14-36(3,4)5/h7-12,16,27,29H,6,13-14,17H2,1-5H3. The Morgan fingerprint density at radius 2 is 1.81 bits per heavy atom. The van der Waals surface area contributed by atoms with E-state index >= 15 is 0 Å². The van der Waals surface area contributed by atoms with Crippen molar-refractivity contribution in [3.63, 3.8) is 0 Å². The lowest BCUT2D eigenvalue weighted by molar-refractivity contribution is 0.0803. The lowest BCUT2D eigenvalue weighted by Gasteiger charge is -2.16. The van der Waals surface area contributed by atoms with Crippen LogP contribution in [0.2, 0.25) is 25.7 Å². The van der Waals surface area contributed by atoms with Crippen LogP contribution in [0.4, 0.5) is 17.2 Å². The van der Waals surface area contributed by atoms with Gasteiger partial charge in [0.05, 0.1) is 24.7 Å². The molecule has 0 atom stereocenters. The third-order valence-corrected chi connectivity index (χ3v) is 8.31. The topological polar surface area (TPSA) is 131 Å². The van der Waals surface area contributed by atoms with Gasteiger partial charge in [-0.05, 0) is 31.2 Å². The molecule has 3 aromatic rings. The number of nitrogens with one attached hydrogen (secondary N) is 2. The highest BCUT2D eigenvalue weighted by atomic mass is 32.2. The summed E-state index contributed by atoms with van der Waals surface area (Å²) < 4.78 is 38.9. The molecule has 2 heterocycles. The van der Waals surface area contributed by atoms with Crippen molar-refractivity contribution in [2.45, 2.75) is 39.3 Å². The Kier molecular flexibility index (Phi) is 8.73. The van der Waals surface area contributed by atoms with E-state index in [1.807, 2.05) is 0 Å². The quantitative estimate of drug-likeness (QED) is 0.257. The molecule has 0 amide bonds. The average molecular weight is 529 g/mol. The van der Waals surface area contributed by atoms with Crippen molar-refractivity contribution in [2.24, 2.45) is 0 Å². The fourth-order valence-electron chi connectivity index (χ4n) is 3.18. The zero-order chi connectivity index (χ0) is 26.3. The number of methoxy groups -OCH3 is 1. The second-order valence-corrected chi connectivity index (χ2v) is 17.0. The molecule has 10 nitrogen and oxygen atoms in total. The van der Waals surface area contributed by atoms with Crippen molar-refractivity contribution in [3.05, 3.63) is 48.2 Å². The first-order chi connectivity index (χ1) is 17.0. The number of hydrogen-bond acceptors (Lipinski definition) is 8. The van der Waals surface area contributed by atoms with Crippen LogP contribution in [0.1, 0.15) is 12.5 Å². The average Bonchev–Trinajstić information content (AvgIpc) is 3.19. The Morgan fingerprint density at radius 3 is 2.36 bits per heavy atom. The zero-order valence-corrected chi connectivity index (χ0v) is 23.0. The molecule has 0 saturated carbocycles. The molecule has 0 bridgehead atoms. The van der Waals surface area contributed by atoms with Crippen molar-refractivity contribution in [1.29, 1.82) is 5.26 Å². The molecule has 0 fully saturated rings. The molecule has 1 aromatic carbocycles. The van der Waals surface area contributed by atoms with Crippen LogP contribution in [0.5, 0.6) is 5.88 Å². The van der Waals surface area contributed by atoms with Gasteiger partial charge in [0.25, 0.3) is 0 Å². The maximum absolute atomic E-state index is 11.9. The number of aromatic nitrogens is 3. The van der Waals surface area contributed by atoms with E-state index in [0.29, 0.717) is 46.5 Å². The molecule has 2 aromatic heterocycles. The lowest BCUT2D eigenvalue weighted by atomic mass is 10.1. The molecule has 36 heavy (non-hydrogen) atoms. The van der Waals surface area contributed by atoms with Crippen molar-refractivity contribution >= 4 is 35.3 Å². The summed E-state index contributed by atoms with van der Waals surface area (Å²) in [4.78, 5) is 4.21. The molecule has 0 spiro atoms. The molecule has 0 saturated heterocycles. The summed E-state index contributed by atoms with van der Waals surface area (Å²) in [6.07, 6.45) is 1.61. The number of pyridine rings is 1. The molecule has 3 rings (SSSR count). The number of nitriles is 1. The summed E-state index contributed by atoms with van der Waals surface area (Å²) in [5.41, 5.74) is 2.56. The highest BCUT2D eigenvalue weighted by molar-refractivity contribution is 7.92. The van der Waals surface area contributed by atoms with Crippen LogP contribution in [-0.2, 0) is 21.5 Å².